The summed E-state index contributed by atoms with van der Waals surface area (Å²) in [7, 11) is 1.06. The highest BCUT2D eigenvalue weighted by Crippen LogP contribution is 2.38. The lowest BCUT2D eigenvalue weighted by atomic mass is 10.1. The lowest BCUT2D eigenvalue weighted by molar-refractivity contribution is -0.870. The van der Waals surface area contributed by atoms with Crippen molar-refractivity contribution < 1.29 is 46.8 Å². The number of carbonyl (C=O) groups is 2. The van der Waals surface area contributed by atoms with Crippen molar-refractivity contribution >= 4 is 19.8 Å². The van der Waals surface area contributed by atoms with E-state index in [0.29, 0.717) is 42.5 Å². The maximum atomic E-state index is 12.7. The first-order valence-corrected chi connectivity index (χ1v) is 23.8. The molecule has 0 aromatic rings. The number of quaternary nitrogens is 1. The van der Waals surface area contributed by atoms with Crippen LogP contribution < -0.4 is 4.89 Å². The summed E-state index contributed by atoms with van der Waals surface area (Å²) in [5.74, 6) is -1.02. The Morgan fingerprint density at radius 1 is 0.590 bits per heavy atom. The predicted molar refractivity (Wildman–Crippen MR) is 249 cm³/mol. The molecule has 61 heavy (non-hydrogen) atoms. The van der Waals surface area contributed by atoms with Gasteiger partial charge in [0.25, 0.3) is 7.82 Å². The average Bonchev–Trinajstić information content (AvgIpc) is 3.97. The van der Waals surface area contributed by atoms with Crippen molar-refractivity contribution in [1.29, 1.82) is 0 Å². The van der Waals surface area contributed by atoms with Gasteiger partial charge in [0, 0.05) is 12.8 Å². The Hall–Kier alpha value is -3.63. The molecule has 1 rings (SSSR count). The quantitative estimate of drug-likeness (QED) is 0.0150. The zero-order chi connectivity index (χ0) is 44.7. The zero-order valence-corrected chi connectivity index (χ0v) is 38.9. The van der Waals surface area contributed by atoms with Gasteiger partial charge >= 0.3 is 11.9 Å². The molecule has 0 radical (unpaired) electrons. The summed E-state index contributed by atoms with van der Waals surface area (Å²) in [6.45, 7) is 3.80. The van der Waals surface area contributed by atoms with Crippen molar-refractivity contribution in [1.82, 2.24) is 0 Å². The third-order valence-corrected chi connectivity index (χ3v) is 9.86. The van der Waals surface area contributed by atoms with Crippen LogP contribution in [0.3, 0.4) is 0 Å². The largest absolute Gasteiger partial charge is 0.756 e. The van der Waals surface area contributed by atoms with Crippen LogP contribution in [0.25, 0.3) is 0 Å². The van der Waals surface area contributed by atoms with Gasteiger partial charge in [0.1, 0.15) is 19.8 Å². The number of hydrogen-bond acceptors (Lipinski definition) is 9. The molecule has 1 saturated heterocycles. The van der Waals surface area contributed by atoms with Crippen LogP contribution in [-0.4, -0.2) is 82.2 Å². The van der Waals surface area contributed by atoms with Crippen LogP contribution in [0.2, 0.25) is 0 Å². The molecule has 1 fully saturated rings. The lowest BCUT2D eigenvalue weighted by Gasteiger charge is -2.28. The van der Waals surface area contributed by atoms with Crippen LogP contribution in [0.5, 0.6) is 0 Å². The number of ether oxygens (including phenoxy) is 3. The Kier molecular flexibility index (Phi) is 33.6. The molecule has 4 atom stereocenters. The molecule has 11 heteroatoms. The van der Waals surface area contributed by atoms with Gasteiger partial charge in [0.15, 0.2) is 6.10 Å². The number of hydrogen-bond donors (Lipinski definition) is 0. The summed E-state index contributed by atoms with van der Waals surface area (Å²) in [5.41, 5.74) is 0. The third kappa shape index (κ3) is 37.8. The molecule has 0 saturated carbocycles. The molecule has 0 bridgehead atoms. The van der Waals surface area contributed by atoms with E-state index in [2.05, 4.69) is 117 Å². The molecule has 0 spiro atoms. The number of nitrogens with zero attached hydrogens (tertiary/aromatic N) is 1. The van der Waals surface area contributed by atoms with Gasteiger partial charge in [-0.05, 0) is 89.9 Å². The summed E-state index contributed by atoms with van der Waals surface area (Å²) in [6, 6.07) is 0. The molecule has 10 nitrogen and oxygen atoms in total. The number of phosphoric acid groups is 1. The van der Waals surface area contributed by atoms with Crippen LogP contribution >= 0.6 is 7.82 Å². The summed E-state index contributed by atoms with van der Waals surface area (Å²) >= 11 is 0. The number of phosphoric ester groups is 1. The van der Waals surface area contributed by atoms with Gasteiger partial charge < -0.3 is 32.6 Å². The topological polar surface area (TPSA) is 124 Å². The van der Waals surface area contributed by atoms with Crippen LogP contribution in [0.4, 0.5) is 0 Å². The summed E-state index contributed by atoms with van der Waals surface area (Å²) in [6.07, 6.45) is 54.4. The minimum atomic E-state index is -4.67. The van der Waals surface area contributed by atoms with Crippen LogP contribution in [0.1, 0.15) is 117 Å². The molecule has 0 aliphatic carbocycles. The molecule has 1 aliphatic heterocycles. The Balaban J connectivity index is 2.38. The zero-order valence-electron chi connectivity index (χ0n) is 38.0. The highest BCUT2D eigenvalue weighted by molar-refractivity contribution is 7.45. The van der Waals surface area contributed by atoms with Gasteiger partial charge in [-0.2, -0.15) is 0 Å². The molecule has 0 N–H and O–H groups in total. The minimum Gasteiger partial charge on any atom is -0.756 e. The summed E-state index contributed by atoms with van der Waals surface area (Å²) in [4.78, 5) is 37.5. The third-order valence-electron chi connectivity index (χ3n) is 8.89. The van der Waals surface area contributed by atoms with Crippen molar-refractivity contribution in [3.63, 3.8) is 0 Å². The fraction of sp³-hybridized carbons (Fsp3) is 0.560. The predicted octanol–water partition coefficient (Wildman–Crippen LogP) is 11.3. The van der Waals surface area contributed by atoms with E-state index < -0.39 is 32.5 Å². The van der Waals surface area contributed by atoms with E-state index >= 15 is 0 Å². The number of likely N-dealkylation sites (N-methyl/N-ethyl adjacent to an activating group) is 1. The second-order valence-corrected chi connectivity index (χ2v) is 17.1. The standard InChI is InChI=1S/C50H78NO9P/c1-6-8-10-11-12-13-14-15-16-17-18-19-24-27-30-33-37-41-50(53)59-46(45-58-61(54,55)57-43-42-51(3,4)5)44-56-49(52)40-36-32-29-26-23-21-20-22-25-28-31-35-39-48-47(60-48)38-34-9-7-2/h8-10,12-13,15-16,18-19,21-23,25,27,29-32,34-35,46-48H,6-7,11,14,17,20,24,26,28,33,36-45H2,1-5H3/b10-8-,13-12-,16-15-,19-18-,23-21-,25-22-,30-27-,32-29-,34-9-,35-31-/t46-,47?,48?/m1/s1. The molecule has 0 amide bonds. The van der Waals surface area contributed by atoms with Gasteiger partial charge in [-0.25, -0.2) is 0 Å². The molecule has 3 unspecified atom stereocenters. The van der Waals surface area contributed by atoms with Crippen molar-refractivity contribution in [3.05, 3.63) is 122 Å². The van der Waals surface area contributed by atoms with Crippen molar-refractivity contribution in [3.8, 4) is 0 Å². The van der Waals surface area contributed by atoms with Gasteiger partial charge in [-0.3, -0.25) is 14.2 Å². The first kappa shape index (κ1) is 55.4. The number of allylic oxidation sites excluding steroid dienone is 18. The normalized spacial score (nSPS) is 18.0. The van der Waals surface area contributed by atoms with E-state index in [0.717, 1.165) is 70.6 Å². The first-order valence-electron chi connectivity index (χ1n) is 22.4. The van der Waals surface area contributed by atoms with Gasteiger partial charge in [0.2, 0.25) is 0 Å². The van der Waals surface area contributed by atoms with Crippen LogP contribution in [0.15, 0.2) is 122 Å². The van der Waals surface area contributed by atoms with E-state index in [1.807, 2.05) is 39.4 Å². The molecule has 1 heterocycles. The lowest BCUT2D eigenvalue weighted by Crippen LogP contribution is -2.37. The maximum Gasteiger partial charge on any atom is 0.306 e. The molecular weight excluding hydrogens is 790 g/mol. The molecule has 1 aliphatic rings. The second kappa shape index (κ2) is 37.0. The Morgan fingerprint density at radius 3 is 1.54 bits per heavy atom. The van der Waals surface area contributed by atoms with E-state index in [1.54, 1.807) is 0 Å². The Labute approximate surface area is 369 Å². The fourth-order valence-electron chi connectivity index (χ4n) is 5.34. The van der Waals surface area contributed by atoms with E-state index in [4.69, 9.17) is 23.3 Å². The van der Waals surface area contributed by atoms with Gasteiger partial charge in [0.05, 0.1) is 40.0 Å². The number of unbranched alkanes of at least 4 members (excludes halogenated alkanes) is 1. The van der Waals surface area contributed by atoms with Gasteiger partial charge in [-0.15, -0.1) is 0 Å². The minimum absolute atomic E-state index is 0.0624. The van der Waals surface area contributed by atoms with Crippen molar-refractivity contribution in [2.75, 3.05) is 47.5 Å². The smallest absolute Gasteiger partial charge is 0.306 e. The number of epoxide rings is 1. The van der Waals surface area contributed by atoms with E-state index in [9.17, 15) is 19.0 Å². The molecular formula is C50H78NO9P. The SMILES string of the molecule is CC/C=C\C/C=C\C/C=C\C/C=C\C/C=C\CCCC(=O)O[C@H](COC(=O)CC/C=C\C/C=C\C/C=C\C/C=C\CC1OC1C/C=C\CC)COP(=O)([O-])OCC[N+](C)(C)C. The maximum absolute atomic E-state index is 12.7. The fourth-order valence-corrected chi connectivity index (χ4v) is 6.07. The van der Waals surface area contributed by atoms with Crippen LogP contribution in [-0.2, 0) is 37.4 Å². The number of carbonyl (C=O) groups excluding carboxylic acids is 2. The van der Waals surface area contributed by atoms with Crippen LogP contribution in [0, 0.1) is 0 Å². The highest BCUT2D eigenvalue weighted by atomic mass is 31.2. The summed E-state index contributed by atoms with van der Waals surface area (Å²) in [5, 5.41) is 0. The Morgan fingerprint density at radius 2 is 1.03 bits per heavy atom. The molecule has 0 aromatic carbocycles. The first-order chi connectivity index (χ1) is 29.5. The second-order valence-electron chi connectivity index (χ2n) is 15.7. The van der Waals surface area contributed by atoms with E-state index in [-0.39, 0.29) is 26.1 Å². The average molecular weight is 868 g/mol. The van der Waals surface area contributed by atoms with Crippen molar-refractivity contribution in [2.24, 2.45) is 0 Å². The van der Waals surface area contributed by atoms with Crippen molar-refractivity contribution in [2.45, 2.75) is 135 Å². The molecule has 0 aromatic heterocycles. The monoisotopic (exact) mass is 868 g/mol. The van der Waals surface area contributed by atoms with E-state index in [1.165, 1.54) is 0 Å². The number of rotatable bonds is 37. The Bertz CT molecular complexity index is 1510. The van der Waals surface area contributed by atoms with Gasteiger partial charge in [-0.1, -0.05) is 135 Å². The summed E-state index contributed by atoms with van der Waals surface area (Å²) < 4.78 is 39.4. The number of esters is 2. The highest BCUT2D eigenvalue weighted by Gasteiger charge is 2.36. The molecule has 342 valence electrons.